The molecule has 0 saturated heterocycles. The number of hydrogen-bond donors (Lipinski definition) is 1. The van der Waals surface area contributed by atoms with Crippen molar-refractivity contribution in [1.82, 2.24) is 0 Å². The van der Waals surface area contributed by atoms with E-state index in [9.17, 15) is 0 Å². The van der Waals surface area contributed by atoms with Gasteiger partial charge >= 0.3 is 0 Å². The van der Waals surface area contributed by atoms with Crippen LogP contribution in [0.25, 0.3) is 0 Å². The van der Waals surface area contributed by atoms with E-state index in [0.717, 1.165) is 24.3 Å². The normalized spacial score (nSPS) is 10.7. The van der Waals surface area contributed by atoms with Crippen LogP contribution in [0.3, 0.4) is 0 Å². The minimum atomic E-state index is 0.565. The number of unbranched alkanes of at least 4 members (excludes halogenated alkanes) is 2. The molecular formula is C21H29NO. The Bertz CT molecular complexity index is 592. The summed E-state index contributed by atoms with van der Waals surface area (Å²) in [7, 11) is 0. The molecule has 0 aliphatic heterocycles. The van der Waals surface area contributed by atoms with Gasteiger partial charge in [-0.05, 0) is 48.4 Å². The molecule has 23 heavy (non-hydrogen) atoms. The maximum absolute atomic E-state index is 6.36. The van der Waals surface area contributed by atoms with Crippen LogP contribution in [-0.2, 0) is 19.4 Å². The summed E-state index contributed by atoms with van der Waals surface area (Å²) in [6.45, 7) is 5.00. The Labute approximate surface area is 140 Å². The van der Waals surface area contributed by atoms with Gasteiger partial charge in [0, 0.05) is 0 Å². The van der Waals surface area contributed by atoms with Crippen LogP contribution in [0, 0.1) is 0 Å². The molecule has 0 atom stereocenters. The molecule has 2 N–H and O–H groups in total. The van der Waals surface area contributed by atoms with Crippen LogP contribution in [0.5, 0.6) is 5.75 Å². The Morgan fingerprint density at radius 1 is 0.870 bits per heavy atom. The van der Waals surface area contributed by atoms with Gasteiger partial charge in [0.25, 0.3) is 0 Å². The van der Waals surface area contributed by atoms with Gasteiger partial charge in [0.05, 0.1) is 5.69 Å². The summed E-state index contributed by atoms with van der Waals surface area (Å²) < 4.78 is 6.04. The predicted octanol–water partition coefficient (Wildman–Crippen LogP) is 5.53. The predicted molar refractivity (Wildman–Crippen MR) is 98.9 cm³/mol. The van der Waals surface area contributed by atoms with Crippen molar-refractivity contribution in [1.29, 1.82) is 0 Å². The van der Waals surface area contributed by atoms with Crippen molar-refractivity contribution in [2.45, 2.75) is 59.0 Å². The zero-order valence-electron chi connectivity index (χ0n) is 14.5. The number of nitrogen functional groups attached to an aromatic ring is 1. The van der Waals surface area contributed by atoms with E-state index in [1.54, 1.807) is 0 Å². The fraction of sp³-hybridized carbons (Fsp3) is 0.429. The minimum absolute atomic E-state index is 0.565. The zero-order chi connectivity index (χ0) is 16.5. The summed E-state index contributed by atoms with van der Waals surface area (Å²) in [5.41, 5.74) is 10.9. The third-order valence-corrected chi connectivity index (χ3v) is 4.14. The van der Waals surface area contributed by atoms with Gasteiger partial charge in [-0.25, -0.2) is 0 Å². The van der Waals surface area contributed by atoms with E-state index >= 15 is 0 Å². The number of hydrogen-bond acceptors (Lipinski definition) is 2. The van der Waals surface area contributed by atoms with Crippen molar-refractivity contribution < 1.29 is 4.74 Å². The number of aryl methyl sites for hydroxylation is 2. The molecule has 2 aromatic rings. The maximum atomic E-state index is 6.36. The molecule has 0 saturated carbocycles. The summed E-state index contributed by atoms with van der Waals surface area (Å²) >= 11 is 0. The van der Waals surface area contributed by atoms with Crippen molar-refractivity contribution in [2.24, 2.45) is 0 Å². The molecule has 0 radical (unpaired) electrons. The van der Waals surface area contributed by atoms with Crippen molar-refractivity contribution >= 4 is 5.69 Å². The highest BCUT2D eigenvalue weighted by Gasteiger charge is 2.10. The highest BCUT2D eigenvalue weighted by molar-refractivity contribution is 5.60. The van der Waals surface area contributed by atoms with Gasteiger partial charge in [-0.15, -0.1) is 0 Å². The SMILES string of the molecule is CCCCc1cc(CCCC)c(N)c(OCc2ccccc2)c1. The zero-order valence-corrected chi connectivity index (χ0v) is 14.5. The highest BCUT2D eigenvalue weighted by atomic mass is 16.5. The lowest BCUT2D eigenvalue weighted by Crippen LogP contribution is -2.04. The van der Waals surface area contributed by atoms with Crippen molar-refractivity contribution in [2.75, 3.05) is 5.73 Å². The van der Waals surface area contributed by atoms with E-state index in [0.29, 0.717) is 6.61 Å². The summed E-state index contributed by atoms with van der Waals surface area (Å²) in [5.74, 6) is 0.841. The second kappa shape index (κ2) is 9.24. The van der Waals surface area contributed by atoms with E-state index < -0.39 is 0 Å². The summed E-state index contributed by atoms with van der Waals surface area (Å²) in [6, 6.07) is 14.6. The molecule has 0 aliphatic rings. The van der Waals surface area contributed by atoms with Gasteiger partial charge in [-0.2, -0.15) is 0 Å². The molecule has 0 fully saturated rings. The first-order valence-electron chi connectivity index (χ1n) is 8.82. The lowest BCUT2D eigenvalue weighted by Gasteiger charge is -2.15. The molecule has 0 aliphatic carbocycles. The molecule has 0 heterocycles. The average molecular weight is 311 g/mol. The number of nitrogens with two attached hydrogens (primary N) is 1. The lowest BCUT2D eigenvalue weighted by molar-refractivity contribution is 0.307. The van der Waals surface area contributed by atoms with E-state index in [1.165, 1.54) is 42.4 Å². The Morgan fingerprint density at radius 3 is 2.26 bits per heavy atom. The van der Waals surface area contributed by atoms with E-state index in [1.807, 2.05) is 18.2 Å². The van der Waals surface area contributed by atoms with Crippen LogP contribution in [0.15, 0.2) is 42.5 Å². The molecule has 0 aromatic heterocycles. The van der Waals surface area contributed by atoms with Gasteiger partial charge in [0.15, 0.2) is 0 Å². The molecule has 0 amide bonds. The molecule has 2 rings (SSSR count). The second-order valence-electron chi connectivity index (χ2n) is 6.15. The van der Waals surface area contributed by atoms with Crippen LogP contribution in [-0.4, -0.2) is 0 Å². The number of benzene rings is 2. The van der Waals surface area contributed by atoms with Crippen LogP contribution < -0.4 is 10.5 Å². The number of ether oxygens (including phenoxy) is 1. The first-order valence-corrected chi connectivity index (χ1v) is 8.82. The van der Waals surface area contributed by atoms with Crippen LogP contribution in [0.2, 0.25) is 0 Å². The molecule has 2 heteroatoms. The summed E-state index contributed by atoms with van der Waals surface area (Å²) in [6.07, 6.45) is 6.88. The fourth-order valence-electron chi connectivity index (χ4n) is 2.70. The van der Waals surface area contributed by atoms with Gasteiger partial charge in [0.2, 0.25) is 0 Å². The van der Waals surface area contributed by atoms with Crippen molar-refractivity contribution in [3.8, 4) is 5.75 Å². The number of anilines is 1. The van der Waals surface area contributed by atoms with Gasteiger partial charge in [-0.3, -0.25) is 0 Å². The number of rotatable bonds is 9. The van der Waals surface area contributed by atoms with Crippen LogP contribution in [0.4, 0.5) is 5.69 Å². The average Bonchev–Trinajstić information content (AvgIpc) is 2.59. The van der Waals surface area contributed by atoms with E-state index in [4.69, 9.17) is 10.5 Å². The third-order valence-electron chi connectivity index (χ3n) is 4.14. The molecule has 124 valence electrons. The van der Waals surface area contributed by atoms with Crippen LogP contribution in [0.1, 0.15) is 56.2 Å². The lowest BCUT2D eigenvalue weighted by atomic mass is 9.99. The quantitative estimate of drug-likeness (QED) is 0.618. The first kappa shape index (κ1) is 17.4. The largest absolute Gasteiger partial charge is 0.487 e. The molecule has 0 unspecified atom stereocenters. The Morgan fingerprint density at radius 2 is 1.57 bits per heavy atom. The molecule has 2 nitrogen and oxygen atoms in total. The minimum Gasteiger partial charge on any atom is -0.487 e. The fourth-order valence-corrected chi connectivity index (χ4v) is 2.70. The Balaban J connectivity index is 2.17. The van der Waals surface area contributed by atoms with Crippen molar-refractivity contribution in [3.63, 3.8) is 0 Å². The topological polar surface area (TPSA) is 35.2 Å². The van der Waals surface area contributed by atoms with Gasteiger partial charge < -0.3 is 10.5 Å². The highest BCUT2D eigenvalue weighted by Crippen LogP contribution is 2.30. The standard InChI is InChI=1S/C21H29NO/c1-3-5-10-18-14-19(13-6-4-2)21(22)20(15-18)23-16-17-11-8-7-9-12-17/h7-9,11-12,14-15H,3-6,10,13,16,22H2,1-2H3. The van der Waals surface area contributed by atoms with Crippen LogP contribution >= 0.6 is 0 Å². The summed E-state index contributed by atoms with van der Waals surface area (Å²) in [5, 5.41) is 0. The molecule has 0 spiro atoms. The van der Waals surface area contributed by atoms with Gasteiger partial charge in [0.1, 0.15) is 12.4 Å². The monoisotopic (exact) mass is 311 g/mol. The smallest absolute Gasteiger partial charge is 0.143 e. The van der Waals surface area contributed by atoms with Gasteiger partial charge in [-0.1, -0.05) is 63.1 Å². The first-order chi connectivity index (χ1) is 11.2. The third kappa shape index (κ3) is 5.31. The second-order valence-corrected chi connectivity index (χ2v) is 6.15. The summed E-state index contributed by atoms with van der Waals surface area (Å²) in [4.78, 5) is 0. The molecular weight excluding hydrogens is 282 g/mol. The van der Waals surface area contributed by atoms with E-state index in [-0.39, 0.29) is 0 Å². The molecule has 0 bridgehead atoms. The maximum Gasteiger partial charge on any atom is 0.143 e. The Hall–Kier alpha value is -1.96. The van der Waals surface area contributed by atoms with E-state index in [2.05, 4.69) is 38.1 Å². The Kier molecular flexibility index (Phi) is 6.99. The van der Waals surface area contributed by atoms with Crippen molar-refractivity contribution in [3.05, 3.63) is 59.2 Å². The molecule has 2 aromatic carbocycles.